The molecule has 6 rings (SSSR count). The van der Waals surface area contributed by atoms with Crippen LogP contribution in [-0.2, 0) is 27.7 Å². The van der Waals surface area contributed by atoms with Crippen molar-refractivity contribution in [1.82, 2.24) is 19.9 Å². The van der Waals surface area contributed by atoms with Crippen LogP contribution < -0.4 is 10.0 Å². The van der Waals surface area contributed by atoms with Gasteiger partial charge in [-0.2, -0.15) is 0 Å². The van der Waals surface area contributed by atoms with E-state index in [2.05, 4.69) is 10.0 Å². The summed E-state index contributed by atoms with van der Waals surface area (Å²) in [7, 11) is -4.21. The van der Waals surface area contributed by atoms with Gasteiger partial charge in [0.2, 0.25) is 0 Å². The Kier molecular flexibility index (Phi) is 7.38. The van der Waals surface area contributed by atoms with Gasteiger partial charge in [-0.05, 0) is 61.2 Å². The first kappa shape index (κ1) is 26.9. The summed E-state index contributed by atoms with van der Waals surface area (Å²) >= 11 is 0. The average Bonchev–Trinajstić information content (AvgIpc) is 3.59. The summed E-state index contributed by atoms with van der Waals surface area (Å²) in [5, 5.41) is 2.93. The van der Waals surface area contributed by atoms with Gasteiger partial charge in [-0.3, -0.25) is 9.52 Å². The summed E-state index contributed by atoms with van der Waals surface area (Å²) in [6.45, 7) is 1.19. The number of halogens is 1. The van der Waals surface area contributed by atoms with Crippen molar-refractivity contribution in [2.45, 2.75) is 36.8 Å². The quantitative estimate of drug-likeness (QED) is 0.265. The molecule has 1 fully saturated rings. The molecular weight excluding hydrogens is 545 g/mol. The summed E-state index contributed by atoms with van der Waals surface area (Å²) in [6.07, 6.45) is 2.06. The Balaban J connectivity index is 1.48. The summed E-state index contributed by atoms with van der Waals surface area (Å²) < 4.78 is 50.8. The normalized spacial score (nSPS) is 15.4. The number of benzene rings is 3. The molecule has 1 aliphatic rings. The van der Waals surface area contributed by atoms with Crippen LogP contribution >= 0.6 is 0 Å². The van der Waals surface area contributed by atoms with Crippen molar-refractivity contribution in [3.63, 3.8) is 0 Å². The minimum atomic E-state index is -4.21. The van der Waals surface area contributed by atoms with E-state index in [4.69, 9.17) is 14.7 Å². The first-order valence-corrected chi connectivity index (χ1v) is 14.9. The number of carbonyl (C=O) groups is 1. The molecule has 0 saturated carbocycles. The topological polar surface area (TPSA) is 115 Å². The highest BCUT2D eigenvalue weighted by Crippen LogP contribution is 2.33. The maximum atomic E-state index is 13.8. The molecule has 3 aromatic carbocycles. The third-order valence-electron chi connectivity index (χ3n) is 7.09. The number of para-hydroxylation sites is 2. The summed E-state index contributed by atoms with van der Waals surface area (Å²) in [6, 6.07) is 21.5. The first-order valence-electron chi connectivity index (χ1n) is 13.4. The lowest BCUT2D eigenvalue weighted by atomic mass is 10.1. The SMILES string of the molecule is O=C(NCCc1ccccc1)c1c(NS(=O)(=O)c2ccc(F)cc2)n(C[C@@H]2CCCO2)c2nc3ccccc3nc12. The van der Waals surface area contributed by atoms with Crippen molar-refractivity contribution in [2.75, 3.05) is 17.9 Å². The lowest BCUT2D eigenvalue weighted by Crippen LogP contribution is -2.28. The zero-order valence-corrected chi connectivity index (χ0v) is 22.9. The molecule has 1 saturated heterocycles. The highest BCUT2D eigenvalue weighted by molar-refractivity contribution is 7.92. The largest absolute Gasteiger partial charge is 0.376 e. The molecule has 1 amide bonds. The third-order valence-corrected chi connectivity index (χ3v) is 8.44. The number of rotatable bonds is 9. The van der Waals surface area contributed by atoms with Crippen molar-refractivity contribution in [2.24, 2.45) is 0 Å². The fourth-order valence-corrected chi connectivity index (χ4v) is 6.12. The molecule has 210 valence electrons. The third kappa shape index (κ3) is 5.63. The van der Waals surface area contributed by atoms with E-state index in [1.165, 1.54) is 12.1 Å². The number of amides is 1. The Morgan fingerprint density at radius 1 is 0.976 bits per heavy atom. The molecule has 2 aromatic heterocycles. The Morgan fingerprint density at radius 2 is 1.68 bits per heavy atom. The van der Waals surface area contributed by atoms with Gasteiger partial charge >= 0.3 is 0 Å². The van der Waals surface area contributed by atoms with E-state index in [0.717, 1.165) is 30.5 Å². The van der Waals surface area contributed by atoms with Crippen molar-refractivity contribution >= 4 is 43.9 Å². The number of sulfonamides is 1. The van der Waals surface area contributed by atoms with E-state index in [1.54, 1.807) is 10.6 Å². The number of hydrogen-bond acceptors (Lipinski definition) is 6. The molecule has 0 bridgehead atoms. The van der Waals surface area contributed by atoms with Crippen LogP contribution in [0.1, 0.15) is 28.8 Å². The molecule has 5 aromatic rings. The predicted octanol–water partition coefficient (Wildman–Crippen LogP) is 4.68. The molecule has 3 heterocycles. The van der Waals surface area contributed by atoms with Gasteiger partial charge < -0.3 is 14.6 Å². The summed E-state index contributed by atoms with van der Waals surface area (Å²) in [4.78, 5) is 23.2. The Labute approximate surface area is 236 Å². The van der Waals surface area contributed by atoms with Crippen LogP contribution in [-0.4, -0.2) is 48.1 Å². The maximum Gasteiger partial charge on any atom is 0.263 e. The molecule has 0 radical (unpaired) electrons. The van der Waals surface area contributed by atoms with Crippen molar-refractivity contribution in [3.8, 4) is 0 Å². The fourth-order valence-electron chi connectivity index (χ4n) is 5.04. The second-order valence-electron chi connectivity index (χ2n) is 9.90. The maximum absolute atomic E-state index is 13.8. The number of aromatic nitrogens is 3. The number of hydrogen-bond donors (Lipinski definition) is 2. The summed E-state index contributed by atoms with van der Waals surface area (Å²) in [5.74, 6) is -1.01. The molecule has 0 unspecified atom stereocenters. The van der Waals surface area contributed by atoms with Gasteiger partial charge in [0.15, 0.2) is 5.65 Å². The number of fused-ring (bicyclic) bond motifs is 2. The number of carbonyl (C=O) groups excluding carboxylic acids is 1. The van der Waals surface area contributed by atoms with Crippen LogP contribution in [0, 0.1) is 5.82 Å². The van der Waals surface area contributed by atoms with Gasteiger partial charge in [-0.1, -0.05) is 42.5 Å². The van der Waals surface area contributed by atoms with Crippen LogP contribution in [0.3, 0.4) is 0 Å². The van der Waals surface area contributed by atoms with Crippen LogP contribution in [0.5, 0.6) is 0 Å². The van der Waals surface area contributed by atoms with Gasteiger partial charge in [0.05, 0.1) is 28.6 Å². The molecule has 41 heavy (non-hydrogen) atoms. The second-order valence-corrected chi connectivity index (χ2v) is 11.6. The molecular formula is C30H28FN5O4S. The van der Waals surface area contributed by atoms with E-state index in [9.17, 15) is 17.6 Å². The number of nitrogens with zero attached hydrogens (tertiary/aromatic N) is 3. The van der Waals surface area contributed by atoms with Crippen LogP contribution in [0.4, 0.5) is 10.2 Å². The van der Waals surface area contributed by atoms with Gasteiger partial charge in [0.25, 0.3) is 15.9 Å². The lowest BCUT2D eigenvalue weighted by Gasteiger charge is -2.17. The molecule has 9 nitrogen and oxygen atoms in total. The molecule has 11 heteroatoms. The standard InChI is InChI=1S/C30H28FN5O4S/c31-21-12-14-23(15-13-21)41(38,39)35-28-26(30(37)32-17-16-20-7-2-1-3-8-20)27-29(36(28)19-22-9-6-18-40-22)34-25-11-5-4-10-24(25)33-27/h1-5,7-8,10-15,22,35H,6,9,16-19H2,(H,32,37)/t22-/m0/s1. The molecule has 2 N–H and O–H groups in total. The molecule has 1 atom stereocenters. The van der Waals surface area contributed by atoms with Gasteiger partial charge in [-0.25, -0.2) is 22.8 Å². The summed E-state index contributed by atoms with van der Waals surface area (Å²) in [5.41, 5.74) is 2.93. The van der Waals surface area contributed by atoms with Gasteiger partial charge in [0.1, 0.15) is 22.7 Å². The van der Waals surface area contributed by atoms with Crippen LogP contribution in [0.2, 0.25) is 0 Å². The monoisotopic (exact) mass is 573 g/mol. The van der Waals surface area contributed by atoms with Gasteiger partial charge in [-0.15, -0.1) is 0 Å². The van der Waals surface area contributed by atoms with E-state index in [0.29, 0.717) is 36.3 Å². The highest BCUT2D eigenvalue weighted by atomic mass is 32.2. The smallest absolute Gasteiger partial charge is 0.263 e. The average molecular weight is 574 g/mol. The van der Waals surface area contributed by atoms with E-state index in [1.807, 2.05) is 48.5 Å². The first-order chi connectivity index (χ1) is 19.9. The number of ether oxygens (including phenoxy) is 1. The Bertz CT molecular complexity index is 1820. The fraction of sp³-hybridized carbons (Fsp3) is 0.233. The van der Waals surface area contributed by atoms with Crippen molar-refractivity contribution < 1.29 is 22.3 Å². The van der Waals surface area contributed by atoms with E-state index in [-0.39, 0.29) is 34.4 Å². The second kappa shape index (κ2) is 11.3. The number of anilines is 1. The molecule has 1 aliphatic heterocycles. The van der Waals surface area contributed by atoms with Crippen molar-refractivity contribution in [1.29, 1.82) is 0 Å². The molecule has 0 aliphatic carbocycles. The van der Waals surface area contributed by atoms with E-state index >= 15 is 0 Å². The Hall–Kier alpha value is -4.35. The zero-order valence-electron chi connectivity index (χ0n) is 22.1. The predicted molar refractivity (Wildman–Crippen MR) is 154 cm³/mol. The lowest BCUT2D eigenvalue weighted by molar-refractivity contribution is 0.0949. The zero-order chi connectivity index (χ0) is 28.4. The van der Waals surface area contributed by atoms with Crippen LogP contribution in [0.25, 0.3) is 22.2 Å². The molecule has 0 spiro atoms. The minimum absolute atomic E-state index is 0.0346. The minimum Gasteiger partial charge on any atom is -0.376 e. The number of nitrogens with one attached hydrogen (secondary N) is 2. The van der Waals surface area contributed by atoms with Gasteiger partial charge in [0, 0.05) is 13.2 Å². The van der Waals surface area contributed by atoms with Crippen LogP contribution in [0.15, 0.2) is 83.8 Å². The van der Waals surface area contributed by atoms with E-state index < -0.39 is 21.7 Å². The highest BCUT2D eigenvalue weighted by Gasteiger charge is 2.31. The Morgan fingerprint density at radius 3 is 2.39 bits per heavy atom. The van der Waals surface area contributed by atoms with Crippen molar-refractivity contribution in [3.05, 3.63) is 95.8 Å².